The van der Waals surface area contributed by atoms with Gasteiger partial charge in [0, 0.05) is 5.92 Å². The summed E-state index contributed by atoms with van der Waals surface area (Å²) in [6.07, 6.45) is 10.3. The number of allylic oxidation sites excluding steroid dienone is 4. The fourth-order valence-corrected chi connectivity index (χ4v) is 3.16. The van der Waals surface area contributed by atoms with E-state index in [0.717, 1.165) is 12.8 Å². The summed E-state index contributed by atoms with van der Waals surface area (Å²) >= 11 is 0. The number of ketones is 1. The van der Waals surface area contributed by atoms with E-state index in [9.17, 15) is 4.79 Å². The smallest absolute Gasteiger partial charge is 0.159 e. The highest BCUT2D eigenvalue weighted by atomic mass is 16.1. The van der Waals surface area contributed by atoms with Gasteiger partial charge in [0.1, 0.15) is 0 Å². The lowest BCUT2D eigenvalue weighted by Crippen LogP contribution is -2.45. The molecule has 0 heterocycles. The molecule has 0 bridgehead atoms. The third-order valence-electron chi connectivity index (χ3n) is 3.71. The van der Waals surface area contributed by atoms with E-state index >= 15 is 0 Å². The highest BCUT2D eigenvalue weighted by molar-refractivity contribution is 5.94. The van der Waals surface area contributed by atoms with Gasteiger partial charge in [0.25, 0.3) is 0 Å². The molecule has 1 nitrogen and oxygen atoms in total. The van der Waals surface area contributed by atoms with Gasteiger partial charge >= 0.3 is 0 Å². The number of hydrogen-bond donors (Lipinski definition) is 0. The molecule has 1 heteroatoms. The highest BCUT2D eigenvalue weighted by Crippen LogP contribution is 2.51. The fraction of sp³-hybridized carbons (Fsp3) is 0.615. The molecule has 0 fully saturated rings. The molecule has 2 aliphatic rings. The van der Waals surface area contributed by atoms with Gasteiger partial charge in [0.15, 0.2) is 5.78 Å². The molecule has 0 saturated heterocycles. The third-order valence-corrected chi connectivity index (χ3v) is 3.71. The number of carbonyl (C=O) groups is 1. The lowest BCUT2D eigenvalue weighted by molar-refractivity contribution is -0.127. The van der Waals surface area contributed by atoms with Gasteiger partial charge < -0.3 is 0 Å². The average molecular weight is 190 g/mol. The topological polar surface area (TPSA) is 17.1 Å². The summed E-state index contributed by atoms with van der Waals surface area (Å²) in [5.41, 5.74) is 0.179. The van der Waals surface area contributed by atoms with Crippen LogP contribution in [0.1, 0.15) is 33.6 Å². The van der Waals surface area contributed by atoms with Gasteiger partial charge in [0.2, 0.25) is 0 Å². The van der Waals surface area contributed by atoms with E-state index in [1.54, 1.807) is 6.08 Å². The van der Waals surface area contributed by atoms with Crippen LogP contribution in [0.15, 0.2) is 24.3 Å². The summed E-state index contributed by atoms with van der Waals surface area (Å²) < 4.78 is 0. The molecule has 0 saturated carbocycles. The van der Waals surface area contributed by atoms with Crippen molar-refractivity contribution in [3.05, 3.63) is 24.3 Å². The Hall–Kier alpha value is -0.850. The van der Waals surface area contributed by atoms with Crippen molar-refractivity contribution in [2.75, 3.05) is 0 Å². The predicted molar refractivity (Wildman–Crippen MR) is 57.9 cm³/mol. The van der Waals surface area contributed by atoms with Crippen LogP contribution in [-0.2, 0) is 4.79 Å². The van der Waals surface area contributed by atoms with Crippen LogP contribution in [0, 0.1) is 16.7 Å². The van der Waals surface area contributed by atoms with Crippen LogP contribution in [0.25, 0.3) is 0 Å². The minimum atomic E-state index is 0.0631. The maximum atomic E-state index is 11.9. The lowest BCUT2D eigenvalue weighted by atomic mass is 9.55. The molecule has 2 aliphatic carbocycles. The predicted octanol–water partition coefficient (Wildman–Crippen LogP) is 3.12. The Morgan fingerprint density at radius 2 is 1.93 bits per heavy atom. The largest absolute Gasteiger partial charge is 0.295 e. The van der Waals surface area contributed by atoms with Crippen molar-refractivity contribution in [3.63, 3.8) is 0 Å². The molecular formula is C13H18O. The number of carbonyl (C=O) groups excluding carboxylic acids is 1. The fourth-order valence-electron chi connectivity index (χ4n) is 3.16. The Kier molecular flexibility index (Phi) is 1.95. The van der Waals surface area contributed by atoms with Gasteiger partial charge in [-0.3, -0.25) is 4.79 Å². The summed E-state index contributed by atoms with van der Waals surface area (Å²) in [6, 6.07) is 0. The van der Waals surface area contributed by atoms with Gasteiger partial charge in [-0.05, 0) is 29.7 Å². The molecule has 0 N–H and O–H groups in total. The van der Waals surface area contributed by atoms with Crippen molar-refractivity contribution in [1.82, 2.24) is 0 Å². The van der Waals surface area contributed by atoms with E-state index in [0.29, 0.717) is 5.78 Å². The zero-order valence-corrected chi connectivity index (χ0v) is 9.21. The first-order valence-corrected chi connectivity index (χ1v) is 5.34. The van der Waals surface area contributed by atoms with Crippen LogP contribution >= 0.6 is 0 Å². The van der Waals surface area contributed by atoms with Gasteiger partial charge in [-0.2, -0.15) is 0 Å². The second-order valence-corrected chi connectivity index (χ2v) is 5.54. The number of rotatable bonds is 0. The lowest BCUT2D eigenvalue weighted by Gasteiger charge is -2.47. The Labute approximate surface area is 85.9 Å². The molecule has 0 aromatic heterocycles. The number of fused-ring (bicyclic) bond motifs is 1. The van der Waals surface area contributed by atoms with Crippen LogP contribution in [-0.4, -0.2) is 5.78 Å². The first kappa shape index (κ1) is 9.70. The zero-order chi connectivity index (χ0) is 10.4. The minimum Gasteiger partial charge on any atom is -0.295 e. The zero-order valence-electron chi connectivity index (χ0n) is 9.21. The Bertz CT molecular complexity index is 322. The molecule has 0 amide bonds. The molecule has 0 spiro atoms. The van der Waals surface area contributed by atoms with Crippen molar-refractivity contribution >= 4 is 5.78 Å². The molecule has 0 aromatic rings. The summed E-state index contributed by atoms with van der Waals surface area (Å²) in [5.74, 6) is 0.484. The summed E-state index contributed by atoms with van der Waals surface area (Å²) in [6.45, 7) is 6.61. The first-order chi connectivity index (χ1) is 6.46. The van der Waals surface area contributed by atoms with E-state index in [1.807, 2.05) is 6.08 Å². The minimum absolute atomic E-state index is 0.0631. The molecule has 14 heavy (non-hydrogen) atoms. The molecule has 0 radical (unpaired) electrons. The van der Waals surface area contributed by atoms with Crippen LogP contribution < -0.4 is 0 Å². The second-order valence-electron chi connectivity index (χ2n) is 5.54. The van der Waals surface area contributed by atoms with Crippen molar-refractivity contribution in [2.45, 2.75) is 33.6 Å². The van der Waals surface area contributed by atoms with E-state index in [2.05, 4.69) is 32.9 Å². The summed E-state index contributed by atoms with van der Waals surface area (Å²) in [7, 11) is 0. The quantitative estimate of drug-likeness (QED) is 0.536. The van der Waals surface area contributed by atoms with Crippen molar-refractivity contribution < 1.29 is 4.79 Å². The monoisotopic (exact) mass is 190 g/mol. The second kappa shape index (κ2) is 2.82. The average Bonchev–Trinajstić information content (AvgIpc) is 2.00. The van der Waals surface area contributed by atoms with Gasteiger partial charge in [-0.15, -0.1) is 0 Å². The Morgan fingerprint density at radius 1 is 1.21 bits per heavy atom. The summed E-state index contributed by atoms with van der Waals surface area (Å²) in [4.78, 5) is 11.9. The van der Waals surface area contributed by atoms with Gasteiger partial charge in [-0.25, -0.2) is 0 Å². The van der Waals surface area contributed by atoms with E-state index < -0.39 is 0 Å². The normalized spacial score (nSPS) is 39.6. The Morgan fingerprint density at radius 3 is 2.57 bits per heavy atom. The molecule has 0 unspecified atom stereocenters. The molecule has 2 atom stereocenters. The van der Waals surface area contributed by atoms with E-state index in [-0.39, 0.29) is 16.7 Å². The van der Waals surface area contributed by atoms with E-state index in [4.69, 9.17) is 0 Å². The van der Waals surface area contributed by atoms with Crippen molar-refractivity contribution in [2.24, 2.45) is 16.7 Å². The van der Waals surface area contributed by atoms with Gasteiger partial charge in [0.05, 0.1) is 0 Å². The highest BCUT2D eigenvalue weighted by Gasteiger charge is 2.48. The molecule has 0 aliphatic heterocycles. The molecular weight excluding hydrogens is 172 g/mol. The summed E-state index contributed by atoms with van der Waals surface area (Å²) in [5, 5.41) is 0. The van der Waals surface area contributed by atoms with Crippen LogP contribution in [0.4, 0.5) is 0 Å². The van der Waals surface area contributed by atoms with Crippen LogP contribution in [0.3, 0.4) is 0 Å². The van der Waals surface area contributed by atoms with Crippen molar-refractivity contribution in [1.29, 1.82) is 0 Å². The Balaban J connectivity index is 2.48. The maximum Gasteiger partial charge on any atom is 0.159 e. The molecule has 2 rings (SSSR count). The van der Waals surface area contributed by atoms with E-state index in [1.165, 1.54) is 0 Å². The SMILES string of the molecule is CC1(C)CC=C[C@]2(C)CC=CC(=O)[C@@H]12. The van der Waals surface area contributed by atoms with Crippen molar-refractivity contribution in [3.8, 4) is 0 Å². The van der Waals surface area contributed by atoms with Gasteiger partial charge in [-0.1, -0.05) is 39.0 Å². The maximum absolute atomic E-state index is 11.9. The van der Waals surface area contributed by atoms with Crippen LogP contribution in [0.5, 0.6) is 0 Å². The number of hydrogen-bond acceptors (Lipinski definition) is 1. The standard InChI is InChI=1S/C13H18O/c1-12(2)7-5-9-13(3)8-4-6-10(14)11(12)13/h4-6,9,11H,7-8H2,1-3H3/t11-,13-/m0/s1. The molecule has 0 aromatic carbocycles. The van der Waals surface area contributed by atoms with Crippen LogP contribution in [0.2, 0.25) is 0 Å². The molecule has 76 valence electrons. The third kappa shape index (κ3) is 1.26. The first-order valence-electron chi connectivity index (χ1n) is 5.34.